The average molecular weight is 710 g/mol. The van der Waals surface area contributed by atoms with Crippen LogP contribution in [0.25, 0.3) is 17.1 Å². The van der Waals surface area contributed by atoms with E-state index >= 15 is 0 Å². The molecule has 3 amide bonds. The highest BCUT2D eigenvalue weighted by Gasteiger charge is 2.31. The Kier molecular flexibility index (Phi) is 12.0. The molecule has 5 rings (SSSR count). The number of amides is 3. The first kappa shape index (κ1) is 36.9. The lowest BCUT2D eigenvalue weighted by Gasteiger charge is -2.27. The molecule has 272 valence electrons. The Morgan fingerprint density at radius 3 is 2.57 bits per heavy atom. The van der Waals surface area contributed by atoms with E-state index < -0.39 is 35.8 Å². The zero-order valence-corrected chi connectivity index (χ0v) is 28.6. The molecule has 1 fully saturated rings. The molecule has 0 atom stereocenters. The van der Waals surface area contributed by atoms with Crippen molar-refractivity contribution in [3.8, 4) is 17.1 Å². The highest BCUT2D eigenvalue weighted by atomic mass is 19.3. The number of carbonyl (C=O) groups is 3. The lowest BCUT2D eigenvalue weighted by atomic mass is 10.2. The predicted octanol–water partition coefficient (Wildman–Crippen LogP) is 6.65. The van der Waals surface area contributed by atoms with Gasteiger partial charge in [0.2, 0.25) is 5.89 Å². The molecule has 1 aliphatic rings. The lowest BCUT2D eigenvalue weighted by molar-refractivity contribution is 0.0577. The summed E-state index contributed by atoms with van der Waals surface area (Å²) in [6.07, 6.45) is 3.93. The third kappa shape index (κ3) is 10.6. The van der Waals surface area contributed by atoms with E-state index in [1.165, 1.54) is 22.0 Å². The van der Waals surface area contributed by atoms with Crippen LogP contribution in [0, 0.1) is 5.92 Å². The minimum Gasteiger partial charge on any atom is -0.445 e. The molecule has 0 spiro atoms. The standard InChI is InChI=1S/C35H41F2N7O7/c1-35(2,3)51-34(48)43(18-22-7-8-22)28-17-24(13-15-38-28)32-41-27(21-49-32)31(46)40-26-19-44(42-29(26)30(36)37)25-11-9-23(10-12-25)20-50-33(47)39-14-5-4-6-16-45/h9-13,15,17,19,21-22,30,45H,4-8,14,16,18,20H2,1-3H3,(H,39,47)(H,40,46). The quantitative estimate of drug-likeness (QED) is 0.113. The normalized spacial score (nSPS) is 12.8. The van der Waals surface area contributed by atoms with E-state index in [-0.39, 0.29) is 30.5 Å². The molecule has 0 unspecified atom stereocenters. The minimum atomic E-state index is -3.00. The van der Waals surface area contributed by atoms with Crippen molar-refractivity contribution in [2.45, 2.75) is 71.5 Å². The Morgan fingerprint density at radius 2 is 1.88 bits per heavy atom. The van der Waals surface area contributed by atoms with Crippen molar-refractivity contribution >= 4 is 29.6 Å². The number of aliphatic hydroxyl groups is 1. The Bertz CT molecular complexity index is 1800. The van der Waals surface area contributed by atoms with Crippen LogP contribution in [0.1, 0.15) is 81.0 Å². The Balaban J connectivity index is 1.23. The predicted molar refractivity (Wildman–Crippen MR) is 182 cm³/mol. The zero-order chi connectivity index (χ0) is 36.5. The van der Waals surface area contributed by atoms with Crippen molar-refractivity contribution < 1.29 is 42.2 Å². The van der Waals surface area contributed by atoms with Gasteiger partial charge in [-0.2, -0.15) is 5.10 Å². The smallest absolute Gasteiger partial charge is 0.416 e. The fraction of sp³-hybridized carbons (Fsp3) is 0.429. The van der Waals surface area contributed by atoms with E-state index in [1.54, 1.807) is 57.2 Å². The molecule has 0 radical (unpaired) electrons. The number of ether oxygens (including phenoxy) is 2. The maximum atomic E-state index is 14.0. The maximum Gasteiger partial charge on any atom is 0.416 e. The van der Waals surface area contributed by atoms with Gasteiger partial charge in [-0.3, -0.25) is 9.69 Å². The second-order valence-corrected chi connectivity index (χ2v) is 13.1. The summed E-state index contributed by atoms with van der Waals surface area (Å²) >= 11 is 0. The topological polar surface area (TPSA) is 174 Å². The number of nitrogens with one attached hydrogen (secondary N) is 2. The van der Waals surface area contributed by atoms with Gasteiger partial charge in [0.05, 0.1) is 17.6 Å². The van der Waals surface area contributed by atoms with Crippen LogP contribution in [0.5, 0.6) is 0 Å². The zero-order valence-electron chi connectivity index (χ0n) is 28.6. The molecule has 0 bridgehead atoms. The molecule has 16 heteroatoms. The van der Waals surface area contributed by atoms with E-state index in [4.69, 9.17) is 19.0 Å². The monoisotopic (exact) mass is 709 g/mol. The first-order chi connectivity index (χ1) is 24.4. The molecule has 4 aromatic rings. The van der Waals surface area contributed by atoms with Crippen LogP contribution >= 0.6 is 0 Å². The van der Waals surface area contributed by atoms with E-state index in [1.807, 2.05) is 0 Å². The van der Waals surface area contributed by atoms with Crippen molar-refractivity contribution in [2.24, 2.45) is 5.92 Å². The Morgan fingerprint density at radius 1 is 1.12 bits per heavy atom. The Labute approximate surface area is 293 Å². The van der Waals surface area contributed by atoms with Crippen LogP contribution in [0.2, 0.25) is 0 Å². The fourth-order valence-electron chi connectivity index (χ4n) is 4.86. The fourth-order valence-corrected chi connectivity index (χ4v) is 4.86. The molecule has 0 saturated heterocycles. The number of unbranched alkanes of at least 4 members (excludes halogenated alkanes) is 2. The van der Waals surface area contributed by atoms with Crippen LogP contribution in [0.3, 0.4) is 0 Å². The number of anilines is 2. The average Bonchev–Trinajstić information content (AvgIpc) is 3.59. The van der Waals surface area contributed by atoms with E-state index in [2.05, 4.69) is 25.7 Å². The molecule has 3 heterocycles. The number of alkyl carbamates (subject to hydrolysis) is 1. The number of benzene rings is 1. The summed E-state index contributed by atoms with van der Waals surface area (Å²) in [5.74, 6) is -0.0629. The largest absolute Gasteiger partial charge is 0.445 e. The number of halogens is 2. The van der Waals surface area contributed by atoms with Crippen LogP contribution in [-0.4, -0.2) is 68.2 Å². The summed E-state index contributed by atoms with van der Waals surface area (Å²) in [4.78, 5) is 48.1. The molecular weight excluding hydrogens is 668 g/mol. The molecular formula is C35H41F2N7O7. The maximum absolute atomic E-state index is 14.0. The summed E-state index contributed by atoms with van der Waals surface area (Å²) in [5, 5.41) is 17.9. The first-order valence-electron chi connectivity index (χ1n) is 16.6. The highest BCUT2D eigenvalue weighted by molar-refractivity contribution is 6.03. The highest BCUT2D eigenvalue weighted by Crippen LogP contribution is 2.33. The van der Waals surface area contributed by atoms with Gasteiger partial charge in [0, 0.05) is 31.5 Å². The van der Waals surface area contributed by atoms with Crippen molar-refractivity contribution in [1.29, 1.82) is 0 Å². The van der Waals surface area contributed by atoms with Crippen LogP contribution in [0.15, 0.2) is 59.5 Å². The van der Waals surface area contributed by atoms with E-state index in [9.17, 15) is 23.2 Å². The number of hydrogen-bond donors (Lipinski definition) is 3. The molecule has 0 aliphatic heterocycles. The number of pyridine rings is 1. The van der Waals surface area contributed by atoms with E-state index in [0.717, 1.165) is 31.9 Å². The molecule has 14 nitrogen and oxygen atoms in total. The summed E-state index contributed by atoms with van der Waals surface area (Å²) < 4.78 is 45.5. The van der Waals surface area contributed by atoms with Crippen LogP contribution in [0.4, 0.5) is 29.9 Å². The van der Waals surface area contributed by atoms with Gasteiger partial charge in [-0.25, -0.2) is 33.0 Å². The van der Waals surface area contributed by atoms with Crippen molar-refractivity contribution in [1.82, 2.24) is 25.1 Å². The van der Waals surface area contributed by atoms with Gasteiger partial charge in [-0.1, -0.05) is 12.1 Å². The molecule has 51 heavy (non-hydrogen) atoms. The van der Waals surface area contributed by atoms with Gasteiger partial charge in [-0.15, -0.1) is 0 Å². The van der Waals surface area contributed by atoms with Gasteiger partial charge < -0.3 is 29.6 Å². The number of alkyl halides is 2. The van der Waals surface area contributed by atoms with Gasteiger partial charge in [-0.05, 0) is 88.6 Å². The van der Waals surface area contributed by atoms with Crippen LogP contribution < -0.4 is 15.5 Å². The van der Waals surface area contributed by atoms with Gasteiger partial charge >= 0.3 is 12.2 Å². The molecule has 1 aromatic carbocycles. The van der Waals surface area contributed by atoms with Gasteiger partial charge in [0.25, 0.3) is 12.3 Å². The summed E-state index contributed by atoms with van der Waals surface area (Å²) in [5.41, 5.74) is -0.218. The number of rotatable bonds is 15. The number of nitrogens with zero attached hydrogens (tertiary/aromatic N) is 5. The molecule has 1 aliphatic carbocycles. The number of oxazole rings is 1. The third-order valence-electron chi connectivity index (χ3n) is 7.63. The molecule has 3 N–H and O–H groups in total. The number of carbonyl (C=O) groups excluding carboxylic acids is 3. The SMILES string of the molecule is CC(C)(C)OC(=O)N(CC1CC1)c1cc(-c2nc(C(=O)Nc3cn(-c4ccc(COC(=O)NCCCCCO)cc4)nc3C(F)F)co2)ccn1. The minimum absolute atomic E-state index is 0.00555. The second-order valence-electron chi connectivity index (χ2n) is 13.1. The number of hydrogen-bond acceptors (Lipinski definition) is 10. The number of aromatic nitrogens is 4. The van der Waals surface area contributed by atoms with Crippen LogP contribution in [-0.2, 0) is 16.1 Å². The Hall–Kier alpha value is -5.38. The summed E-state index contributed by atoms with van der Waals surface area (Å²) in [6.45, 7) is 6.32. The van der Waals surface area contributed by atoms with E-state index in [0.29, 0.717) is 48.1 Å². The van der Waals surface area contributed by atoms with Crippen molar-refractivity contribution in [3.63, 3.8) is 0 Å². The van der Waals surface area contributed by atoms with Gasteiger partial charge in [0.1, 0.15) is 24.3 Å². The molecule has 3 aromatic heterocycles. The van der Waals surface area contributed by atoms with Crippen molar-refractivity contribution in [3.05, 3.63) is 72.0 Å². The van der Waals surface area contributed by atoms with Crippen molar-refractivity contribution in [2.75, 3.05) is 29.9 Å². The number of aliphatic hydroxyl groups excluding tert-OH is 1. The third-order valence-corrected chi connectivity index (χ3v) is 7.63. The van der Waals surface area contributed by atoms with Gasteiger partial charge in [0.15, 0.2) is 11.4 Å². The first-order valence-corrected chi connectivity index (χ1v) is 16.6. The summed E-state index contributed by atoms with van der Waals surface area (Å²) in [7, 11) is 0. The lowest BCUT2D eigenvalue weighted by Crippen LogP contribution is -2.38. The summed E-state index contributed by atoms with van der Waals surface area (Å²) in [6, 6.07) is 9.75. The molecule has 1 saturated carbocycles. The second kappa shape index (κ2) is 16.6.